The lowest BCUT2D eigenvalue weighted by molar-refractivity contribution is 0.0827. The molecule has 1 aromatic rings. The molecule has 0 heterocycles. The van der Waals surface area contributed by atoms with Crippen LogP contribution >= 0.6 is 15.9 Å². The average Bonchev–Trinajstić information content (AvgIpc) is 2.56. The third-order valence-corrected chi connectivity index (χ3v) is 4.34. The number of aryl methyl sites for hydroxylation is 1. The summed E-state index contributed by atoms with van der Waals surface area (Å²) in [5.74, 6) is 0.0566. The molecular weight excluding hydrogens is 354 g/mol. The topological polar surface area (TPSA) is 29.5 Å². The number of ether oxygens (including phenoxy) is 1. The van der Waals surface area contributed by atoms with Crippen molar-refractivity contribution in [2.24, 2.45) is 0 Å². The number of amides is 1. The molecule has 23 heavy (non-hydrogen) atoms. The number of hydrogen-bond donors (Lipinski definition) is 0. The van der Waals surface area contributed by atoms with Gasteiger partial charge in [0.05, 0.1) is 0 Å². The number of carbonyl (C=O) groups excluding carboxylic acids is 1. The van der Waals surface area contributed by atoms with Crippen LogP contribution in [0.1, 0.15) is 54.4 Å². The number of nitrogens with zero attached hydrogens (tertiary/aromatic N) is 1. The van der Waals surface area contributed by atoms with Crippen molar-refractivity contribution in [3.05, 3.63) is 35.4 Å². The summed E-state index contributed by atoms with van der Waals surface area (Å²) < 4.78 is 5.67. The Labute approximate surface area is 149 Å². The maximum Gasteiger partial charge on any atom is 0.253 e. The van der Waals surface area contributed by atoms with E-state index in [1.54, 1.807) is 19.0 Å². The molecular formula is C19H30BrNO2. The molecule has 0 aliphatic carbocycles. The van der Waals surface area contributed by atoms with E-state index in [4.69, 9.17) is 4.74 Å². The summed E-state index contributed by atoms with van der Waals surface area (Å²) in [7, 11) is 3.55. The molecule has 130 valence electrons. The van der Waals surface area contributed by atoms with Crippen molar-refractivity contribution in [1.29, 1.82) is 0 Å². The van der Waals surface area contributed by atoms with E-state index in [1.807, 2.05) is 12.1 Å². The largest absolute Gasteiger partial charge is 0.381 e. The normalized spacial score (nSPS) is 10.7. The first-order chi connectivity index (χ1) is 11.1. The standard InChI is InChI=1S/C19H30BrNO2/c1-21(2)19(22)18-12-10-17(11-13-18)9-5-8-16-23-15-7-4-3-6-14-20/h10-13H,3-9,14-16H2,1-2H3. The monoisotopic (exact) mass is 383 g/mol. The van der Waals surface area contributed by atoms with Crippen molar-refractivity contribution >= 4 is 21.8 Å². The predicted octanol–water partition coefficient (Wildman–Crippen LogP) is 4.68. The quantitative estimate of drug-likeness (QED) is 0.387. The molecule has 0 saturated carbocycles. The lowest BCUT2D eigenvalue weighted by atomic mass is 10.1. The van der Waals surface area contributed by atoms with E-state index in [9.17, 15) is 4.79 Å². The zero-order valence-corrected chi connectivity index (χ0v) is 16.1. The Morgan fingerprint density at radius 3 is 2.17 bits per heavy atom. The number of alkyl halides is 1. The van der Waals surface area contributed by atoms with E-state index >= 15 is 0 Å². The van der Waals surface area contributed by atoms with Gasteiger partial charge in [-0.25, -0.2) is 0 Å². The molecule has 0 aliphatic heterocycles. The number of benzene rings is 1. The van der Waals surface area contributed by atoms with E-state index < -0.39 is 0 Å². The molecule has 1 rings (SSSR count). The van der Waals surface area contributed by atoms with Gasteiger partial charge in [-0.15, -0.1) is 0 Å². The summed E-state index contributed by atoms with van der Waals surface area (Å²) in [4.78, 5) is 13.4. The van der Waals surface area contributed by atoms with Gasteiger partial charge < -0.3 is 9.64 Å². The predicted molar refractivity (Wildman–Crippen MR) is 100 cm³/mol. The van der Waals surface area contributed by atoms with Crippen LogP contribution < -0.4 is 0 Å². The van der Waals surface area contributed by atoms with Gasteiger partial charge in [-0.3, -0.25) is 4.79 Å². The smallest absolute Gasteiger partial charge is 0.253 e. The Bertz CT molecular complexity index is 432. The maximum atomic E-state index is 11.8. The molecule has 0 N–H and O–H groups in total. The molecule has 0 bridgehead atoms. The maximum absolute atomic E-state index is 11.8. The summed E-state index contributed by atoms with van der Waals surface area (Å²) in [6, 6.07) is 7.95. The Balaban J connectivity index is 2.06. The summed E-state index contributed by atoms with van der Waals surface area (Å²) in [5.41, 5.74) is 2.04. The fourth-order valence-corrected chi connectivity index (χ4v) is 2.76. The lowest BCUT2D eigenvalue weighted by Gasteiger charge is -2.10. The van der Waals surface area contributed by atoms with Gasteiger partial charge in [-0.1, -0.05) is 40.9 Å². The average molecular weight is 384 g/mol. The second-order valence-corrected chi connectivity index (χ2v) is 6.86. The summed E-state index contributed by atoms with van der Waals surface area (Å²) in [5, 5.41) is 1.11. The molecule has 0 spiro atoms. The third kappa shape index (κ3) is 9.11. The minimum Gasteiger partial charge on any atom is -0.381 e. The number of unbranched alkanes of at least 4 members (excludes halogenated alkanes) is 4. The van der Waals surface area contributed by atoms with Crippen molar-refractivity contribution < 1.29 is 9.53 Å². The van der Waals surface area contributed by atoms with Crippen LogP contribution in [0.3, 0.4) is 0 Å². The summed E-state index contributed by atoms with van der Waals surface area (Å²) >= 11 is 3.45. The zero-order chi connectivity index (χ0) is 16.9. The highest BCUT2D eigenvalue weighted by Gasteiger charge is 2.06. The Morgan fingerprint density at radius 1 is 0.957 bits per heavy atom. The number of hydrogen-bond acceptors (Lipinski definition) is 2. The van der Waals surface area contributed by atoms with E-state index in [0.29, 0.717) is 0 Å². The van der Waals surface area contributed by atoms with Gasteiger partial charge in [0, 0.05) is 38.2 Å². The van der Waals surface area contributed by atoms with Gasteiger partial charge in [0.25, 0.3) is 5.91 Å². The molecule has 0 fully saturated rings. The minimum atomic E-state index is 0.0566. The van der Waals surface area contributed by atoms with Gasteiger partial charge in [0.2, 0.25) is 0 Å². The second kappa shape index (κ2) is 12.5. The van der Waals surface area contributed by atoms with Crippen molar-refractivity contribution in [2.45, 2.75) is 44.9 Å². The van der Waals surface area contributed by atoms with Crippen molar-refractivity contribution in [3.63, 3.8) is 0 Å². The fourth-order valence-electron chi connectivity index (χ4n) is 2.36. The van der Waals surface area contributed by atoms with E-state index in [1.165, 1.54) is 31.2 Å². The van der Waals surface area contributed by atoms with Crippen LogP contribution in [0.5, 0.6) is 0 Å². The lowest BCUT2D eigenvalue weighted by Crippen LogP contribution is -2.21. The molecule has 4 heteroatoms. The Kier molecular flexibility index (Phi) is 11.0. The first kappa shape index (κ1) is 20.2. The fraction of sp³-hybridized carbons (Fsp3) is 0.632. The molecule has 3 nitrogen and oxygen atoms in total. The van der Waals surface area contributed by atoms with Crippen LogP contribution in [0.25, 0.3) is 0 Å². The first-order valence-electron chi connectivity index (χ1n) is 8.59. The Morgan fingerprint density at radius 2 is 1.57 bits per heavy atom. The van der Waals surface area contributed by atoms with Crippen LogP contribution in [0.2, 0.25) is 0 Å². The molecule has 0 unspecified atom stereocenters. The van der Waals surface area contributed by atoms with Gasteiger partial charge in [0.15, 0.2) is 0 Å². The number of rotatable bonds is 12. The van der Waals surface area contributed by atoms with Crippen LogP contribution in [0.4, 0.5) is 0 Å². The SMILES string of the molecule is CN(C)C(=O)c1ccc(CCCCOCCCCCCBr)cc1. The second-order valence-electron chi connectivity index (χ2n) is 6.07. The molecule has 0 saturated heterocycles. The van der Waals surface area contributed by atoms with E-state index in [0.717, 1.165) is 43.4 Å². The highest BCUT2D eigenvalue weighted by Crippen LogP contribution is 2.09. The molecule has 0 aromatic heterocycles. The molecule has 0 atom stereocenters. The van der Waals surface area contributed by atoms with Gasteiger partial charge >= 0.3 is 0 Å². The van der Waals surface area contributed by atoms with Crippen LogP contribution in [-0.2, 0) is 11.2 Å². The van der Waals surface area contributed by atoms with Crippen molar-refractivity contribution in [2.75, 3.05) is 32.6 Å². The zero-order valence-electron chi connectivity index (χ0n) is 14.5. The van der Waals surface area contributed by atoms with Crippen LogP contribution in [0, 0.1) is 0 Å². The summed E-state index contributed by atoms with van der Waals surface area (Å²) in [6.45, 7) is 1.75. The van der Waals surface area contributed by atoms with Crippen molar-refractivity contribution in [3.8, 4) is 0 Å². The van der Waals surface area contributed by atoms with Crippen LogP contribution in [-0.4, -0.2) is 43.4 Å². The van der Waals surface area contributed by atoms with E-state index in [-0.39, 0.29) is 5.91 Å². The summed E-state index contributed by atoms with van der Waals surface area (Å²) in [6.07, 6.45) is 8.27. The van der Waals surface area contributed by atoms with E-state index in [2.05, 4.69) is 28.1 Å². The first-order valence-corrected chi connectivity index (χ1v) is 9.71. The van der Waals surface area contributed by atoms with Gasteiger partial charge in [0.1, 0.15) is 0 Å². The number of carbonyl (C=O) groups is 1. The van der Waals surface area contributed by atoms with Gasteiger partial charge in [-0.2, -0.15) is 0 Å². The molecule has 0 radical (unpaired) electrons. The highest BCUT2D eigenvalue weighted by atomic mass is 79.9. The minimum absolute atomic E-state index is 0.0566. The molecule has 0 aliphatic rings. The third-order valence-electron chi connectivity index (χ3n) is 3.78. The molecule has 1 amide bonds. The highest BCUT2D eigenvalue weighted by molar-refractivity contribution is 9.09. The Hall–Kier alpha value is -0.870. The number of halogens is 1. The van der Waals surface area contributed by atoms with Crippen LogP contribution in [0.15, 0.2) is 24.3 Å². The van der Waals surface area contributed by atoms with Crippen molar-refractivity contribution in [1.82, 2.24) is 4.90 Å². The van der Waals surface area contributed by atoms with Gasteiger partial charge in [-0.05, 0) is 49.8 Å². The molecule has 1 aromatic carbocycles.